The highest BCUT2D eigenvalue weighted by Crippen LogP contribution is 2.25. The molecule has 1 fully saturated rings. The lowest BCUT2D eigenvalue weighted by atomic mass is 10.1. The largest absolute Gasteiger partial charge is 0.446 e. The normalized spacial score (nSPS) is 15.6. The maximum Gasteiger partial charge on any atom is 0.321 e. The number of aromatic nitrogens is 2. The minimum absolute atomic E-state index is 0.0650. The number of benzene rings is 1. The van der Waals surface area contributed by atoms with Crippen molar-refractivity contribution in [1.82, 2.24) is 20.4 Å². The smallest absolute Gasteiger partial charge is 0.321 e. The molecule has 1 aliphatic heterocycles. The van der Waals surface area contributed by atoms with E-state index in [2.05, 4.69) is 20.8 Å². The fraction of sp³-hybridized carbons (Fsp3) is 0.440. The van der Waals surface area contributed by atoms with Gasteiger partial charge >= 0.3 is 5.97 Å². The summed E-state index contributed by atoms with van der Waals surface area (Å²) in [7, 11) is 1.74. The molecule has 2 heterocycles. The van der Waals surface area contributed by atoms with Crippen LogP contribution in [0.3, 0.4) is 0 Å². The van der Waals surface area contributed by atoms with Gasteiger partial charge in [0, 0.05) is 42.8 Å². The van der Waals surface area contributed by atoms with Gasteiger partial charge in [-0.3, -0.25) is 19.8 Å². The van der Waals surface area contributed by atoms with Crippen molar-refractivity contribution < 1.29 is 19.1 Å². The first-order valence-electron chi connectivity index (χ1n) is 12.3. The van der Waals surface area contributed by atoms with Crippen LogP contribution in [-0.2, 0) is 25.5 Å². The Balaban J connectivity index is 1.55. The number of carbonyl (C=O) groups excluding carboxylic acids is 2. The number of allylic oxidation sites excluding steroid dienone is 3. The van der Waals surface area contributed by atoms with Gasteiger partial charge in [0.2, 0.25) is 11.2 Å². The molecular formula is C25H34ClN7O4S. The summed E-state index contributed by atoms with van der Waals surface area (Å²) in [6.45, 7) is 2.43. The summed E-state index contributed by atoms with van der Waals surface area (Å²) >= 11 is 7.41. The molecule has 1 saturated heterocycles. The second kappa shape index (κ2) is 15.3. The molecule has 1 atom stereocenters. The SMILES string of the molecule is CN/C(N)=C/C=C(\N)CCCCc1nnc(NC(=O)C(OC(=O)CN2CCOCC2)c2cccc(Cl)c2)s1. The van der Waals surface area contributed by atoms with E-state index in [1.165, 1.54) is 11.3 Å². The van der Waals surface area contributed by atoms with Gasteiger partial charge in [0.05, 0.1) is 25.6 Å². The molecule has 11 nitrogen and oxygen atoms in total. The molecule has 1 amide bonds. The molecule has 0 radical (unpaired) electrons. The van der Waals surface area contributed by atoms with Crippen LogP contribution in [0.5, 0.6) is 0 Å². The van der Waals surface area contributed by atoms with Gasteiger partial charge in [0.15, 0.2) is 0 Å². The van der Waals surface area contributed by atoms with Crippen LogP contribution in [0.4, 0.5) is 5.13 Å². The summed E-state index contributed by atoms with van der Waals surface area (Å²) in [6.07, 6.45) is 5.48. The number of amides is 1. The van der Waals surface area contributed by atoms with E-state index in [-0.39, 0.29) is 6.54 Å². The van der Waals surface area contributed by atoms with Crippen molar-refractivity contribution in [2.24, 2.45) is 11.5 Å². The van der Waals surface area contributed by atoms with Crippen molar-refractivity contribution in [2.45, 2.75) is 31.8 Å². The summed E-state index contributed by atoms with van der Waals surface area (Å²) in [5.74, 6) is -0.500. The van der Waals surface area contributed by atoms with Gasteiger partial charge in [-0.25, -0.2) is 0 Å². The molecule has 2 aromatic rings. The number of ether oxygens (including phenoxy) is 2. The summed E-state index contributed by atoms with van der Waals surface area (Å²) in [6, 6.07) is 6.67. The quantitative estimate of drug-likeness (QED) is 0.162. The molecule has 3 rings (SSSR count). The third-order valence-corrected chi connectivity index (χ3v) is 6.80. The average Bonchev–Trinajstić information content (AvgIpc) is 3.35. The predicted molar refractivity (Wildman–Crippen MR) is 147 cm³/mol. The van der Waals surface area contributed by atoms with Crippen LogP contribution in [0.2, 0.25) is 5.02 Å². The number of hydrogen-bond donors (Lipinski definition) is 4. The van der Waals surface area contributed by atoms with E-state index in [0.29, 0.717) is 54.3 Å². The summed E-state index contributed by atoms with van der Waals surface area (Å²) < 4.78 is 10.9. The fourth-order valence-corrected chi connectivity index (χ4v) is 4.58. The van der Waals surface area contributed by atoms with Gasteiger partial charge in [-0.05, 0) is 43.5 Å². The zero-order valence-electron chi connectivity index (χ0n) is 21.3. The number of anilines is 1. The number of carbonyl (C=O) groups is 2. The Hall–Kier alpha value is -3.19. The first-order chi connectivity index (χ1) is 18.3. The zero-order chi connectivity index (χ0) is 27.3. The molecule has 1 aliphatic rings. The highest BCUT2D eigenvalue weighted by molar-refractivity contribution is 7.15. The number of nitrogens with two attached hydrogens (primary N) is 2. The van der Waals surface area contributed by atoms with Crippen LogP contribution in [0.1, 0.15) is 35.9 Å². The standard InChI is InChI=1S/C25H34ClN7O4S/c1-29-20(28)10-9-19(27)7-2-3-8-21-31-32-25(38-21)30-24(35)23(17-5-4-6-18(26)15-17)37-22(34)16-33-11-13-36-14-12-33/h4-6,9-10,15,23,29H,2-3,7-8,11-14,16,27-28H2,1H3,(H,30,32,35)/b19-9-,20-10+. The van der Waals surface area contributed by atoms with Gasteiger partial charge in [-0.1, -0.05) is 35.1 Å². The Morgan fingerprint density at radius 1 is 1.24 bits per heavy atom. The fourth-order valence-electron chi connectivity index (χ4n) is 3.60. The monoisotopic (exact) mass is 563 g/mol. The molecule has 1 unspecified atom stereocenters. The number of nitrogens with one attached hydrogen (secondary N) is 2. The molecule has 0 saturated carbocycles. The molecule has 0 aliphatic carbocycles. The van der Waals surface area contributed by atoms with Crippen LogP contribution >= 0.6 is 22.9 Å². The molecule has 38 heavy (non-hydrogen) atoms. The van der Waals surface area contributed by atoms with E-state index >= 15 is 0 Å². The van der Waals surface area contributed by atoms with Gasteiger partial charge in [-0.2, -0.15) is 0 Å². The molecule has 1 aromatic heterocycles. The first-order valence-corrected chi connectivity index (χ1v) is 13.5. The molecule has 206 valence electrons. The third kappa shape index (κ3) is 9.93. The maximum absolute atomic E-state index is 13.2. The van der Waals surface area contributed by atoms with Crippen molar-refractivity contribution in [3.05, 3.63) is 63.5 Å². The molecule has 13 heteroatoms. The topological polar surface area (TPSA) is 158 Å². The van der Waals surface area contributed by atoms with E-state index in [0.717, 1.165) is 30.0 Å². The first kappa shape index (κ1) is 29.4. The van der Waals surface area contributed by atoms with Gasteiger partial charge in [-0.15, -0.1) is 10.2 Å². The molecule has 0 spiro atoms. The lowest BCUT2D eigenvalue weighted by Gasteiger charge is -2.26. The van der Waals surface area contributed by atoms with Crippen LogP contribution in [0.25, 0.3) is 0 Å². The van der Waals surface area contributed by atoms with Crippen LogP contribution in [0, 0.1) is 0 Å². The third-order valence-electron chi connectivity index (χ3n) is 5.66. The molecular weight excluding hydrogens is 530 g/mol. The van der Waals surface area contributed by atoms with E-state index in [1.807, 2.05) is 4.90 Å². The van der Waals surface area contributed by atoms with E-state index in [1.54, 1.807) is 43.5 Å². The van der Waals surface area contributed by atoms with Gasteiger partial charge < -0.3 is 26.3 Å². The lowest BCUT2D eigenvalue weighted by Crippen LogP contribution is -2.40. The summed E-state index contributed by atoms with van der Waals surface area (Å²) in [5.41, 5.74) is 12.9. The molecule has 0 bridgehead atoms. The number of nitrogens with zero attached hydrogens (tertiary/aromatic N) is 3. The number of esters is 1. The number of halogens is 1. The summed E-state index contributed by atoms with van der Waals surface area (Å²) in [4.78, 5) is 27.7. The number of rotatable bonds is 13. The maximum atomic E-state index is 13.2. The summed E-state index contributed by atoms with van der Waals surface area (Å²) in [5, 5.41) is 15.3. The number of morpholine rings is 1. The average molecular weight is 564 g/mol. The minimum Gasteiger partial charge on any atom is -0.446 e. The predicted octanol–water partition coefficient (Wildman–Crippen LogP) is 2.32. The van der Waals surface area contributed by atoms with Crippen molar-refractivity contribution in [3.63, 3.8) is 0 Å². The Kier molecular flexibility index (Phi) is 11.8. The Morgan fingerprint density at radius 2 is 2.03 bits per heavy atom. The second-order valence-corrected chi connectivity index (χ2v) is 10.1. The van der Waals surface area contributed by atoms with Crippen LogP contribution < -0.4 is 22.1 Å². The lowest BCUT2D eigenvalue weighted by molar-refractivity contribution is -0.156. The van der Waals surface area contributed by atoms with Crippen molar-refractivity contribution in [2.75, 3.05) is 45.2 Å². The Labute approximate surface area is 231 Å². The molecule has 1 aromatic carbocycles. The number of unbranched alkanes of at least 4 members (excludes halogenated alkanes) is 1. The van der Waals surface area contributed by atoms with Crippen LogP contribution in [0.15, 0.2) is 47.9 Å². The number of aryl methyl sites for hydroxylation is 1. The van der Waals surface area contributed by atoms with E-state index < -0.39 is 18.0 Å². The number of hydrogen-bond acceptors (Lipinski definition) is 11. The minimum atomic E-state index is -1.18. The zero-order valence-corrected chi connectivity index (χ0v) is 22.9. The highest BCUT2D eigenvalue weighted by atomic mass is 35.5. The van der Waals surface area contributed by atoms with Gasteiger partial charge in [0.1, 0.15) is 5.01 Å². The van der Waals surface area contributed by atoms with Crippen molar-refractivity contribution in [1.29, 1.82) is 0 Å². The van der Waals surface area contributed by atoms with Crippen molar-refractivity contribution in [3.8, 4) is 0 Å². The van der Waals surface area contributed by atoms with Crippen LogP contribution in [-0.4, -0.2) is 66.9 Å². The Morgan fingerprint density at radius 3 is 2.76 bits per heavy atom. The van der Waals surface area contributed by atoms with Gasteiger partial charge in [0.25, 0.3) is 5.91 Å². The Bertz CT molecular complexity index is 1130. The van der Waals surface area contributed by atoms with Crippen molar-refractivity contribution >= 4 is 39.9 Å². The molecule has 6 N–H and O–H groups in total. The highest BCUT2D eigenvalue weighted by Gasteiger charge is 2.27. The second-order valence-electron chi connectivity index (χ2n) is 8.62. The van der Waals surface area contributed by atoms with E-state index in [4.69, 9.17) is 32.5 Å². The van der Waals surface area contributed by atoms with E-state index in [9.17, 15) is 9.59 Å².